The third-order valence-corrected chi connectivity index (χ3v) is 3.06. The summed E-state index contributed by atoms with van der Waals surface area (Å²) in [6.07, 6.45) is 0. The van der Waals surface area contributed by atoms with Crippen LogP contribution >= 0.6 is 23.2 Å². The maximum Gasteiger partial charge on any atom is 0.288 e. The van der Waals surface area contributed by atoms with E-state index in [0.29, 0.717) is 16.3 Å². The van der Waals surface area contributed by atoms with Gasteiger partial charge in [0, 0.05) is 22.7 Å². The van der Waals surface area contributed by atoms with Crippen LogP contribution < -0.4 is 4.74 Å². The summed E-state index contributed by atoms with van der Waals surface area (Å²) >= 11 is 11.4. The Hall–Kier alpha value is -1.85. The molecule has 2 aromatic carbocycles. The number of nitrogens with zero attached hydrogens (tertiary/aromatic N) is 1. The summed E-state index contributed by atoms with van der Waals surface area (Å²) < 4.78 is 18.9. The van der Waals surface area contributed by atoms with Crippen LogP contribution in [0.5, 0.6) is 5.75 Å². The molecule has 0 unspecified atom stereocenters. The molecule has 0 aliphatic carbocycles. The Balaban J connectivity index is 2.11. The highest BCUT2D eigenvalue weighted by Gasteiger charge is 2.13. The van der Waals surface area contributed by atoms with Gasteiger partial charge in [-0.15, -0.1) is 0 Å². The lowest BCUT2D eigenvalue weighted by molar-refractivity contribution is -0.384. The van der Waals surface area contributed by atoms with Crippen molar-refractivity contribution in [1.29, 1.82) is 0 Å². The number of nitro benzene ring substituents is 1. The third kappa shape index (κ3) is 3.37. The third-order valence-electron chi connectivity index (χ3n) is 2.53. The molecule has 4 nitrogen and oxygen atoms in total. The summed E-state index contributed by atoms with van der Waals surface area (Å²) in [6.45, 7) is -0.0306. The predicted molar refractivity (Wildman–Crippen MR) is 73.8 cm³/mol. The molecule has 0 bridgehead atoms. The number of halogens is 3. The van der Waals surface area contributed by atoms with Crippen molar-refractivity contribution in [2.24, 2.45) is 0 Å². The summed E-state index contributed by atoms with van der Waals surface area (Å²) in [5, 5.41) is 10.9. The van der Waals surface area contributed by atoms with Gasteiger partial charge in [0.05, 0.1) is 4.92 Å². The molecule has 0 fully saturated rings. The van der Waals surface area contributed by atoms with Gasteiger partial charge in [-0.05, 0) is 18.2 Å². The Morgan fingerprint density at radius 2 is 1.95 bits per heavy atom. The van der Waals surface area contributed by atoms with Gasteiger partial charge < -0.3 is 4.74 Å². The van der Waals surface area contributed by atoms with Gasteiger partial charge >= 0.3 is 0 Å². The summed E-state index contributed by atoms with van der Waals surface area (Å²) in [5.74, 6) is -0.166. The second kappa shape index (κ2) is 6.07. The molecule has 0 atom stereocenters. The highest BCUT2D eigenvalue weighted by molar-refractivity contribution is 6.32. The number of nitro groups is 1. The van der Waals surface area contributed by atoms with Gasteiger partial charge in [0.2, 0.25) is 0 Å². The van der Waals surface area contributed by atoms with E-state index in [1.807, 2.05) is 0 Å². The van der Waals surface area contributed by atoms with Crippen LogP contribution in [0.3, 0.4) is 0 Å². The Morgan fingerprint density at radius 1 is 1.20 bits per heavy atom. The fraction of sp³-hybridized carbons (Fsp3) is 0.0769. The van der Waals surface area contributed by atoms with Gasteiger partial charge in [-0.1, -0.05) is 29.3 Å². The number of hydrogen-bond acceptors (Lipinski definition) is 3. The molecule has 0 heterocycles. The maximum atomic E-state index is 13.5. The van der Waals surface area contributed by atoms with Crippen LogP contribution in [0, 0.1) is 15.9 Å². The van der Waals surface area contributed by atoms with Crippen LogP contribution in [0.4, 0.5) is 10.1 Å². The molecule has 104 valence electrons. The molecule has 2 rings (SSSR count). The van der Waals surface area contributed by atoms with E-state index in [2.05, 4.69) is 0 Å². The lowest BCUT2D eigenvalue weighted by Gasteiger charge is -2.07. The molecule has 0 N–H and O–H groups in total. The maximum absolute atomic E-state index is 13.5. The number of rotatable bonds is 4. The van der Waals surface area contributed by atoms with E-state index in [0.717, 1.165) is 0 Å². The van der Waals surface area contributed by atoms with Crippen molar-refractivity contribution >= 4 is 28.9 Å². The van der Waals surface area contributed by atoms with Gasteiger partial charge in [-0.25, -0.2) is 4.39 Å². The SMILES string of the molecule is O=[N+]([O-])c1ccc(OCc2ccc(Cl)cc2F)cc1Cl. The van der Waals surface area contributed by atoms with Crippen LogP contribution in [0.1, 0.15) is 5.56 Å². The van der Waals surface area contributed by atoms with Gasteiger partial charge in [0.15, 0.2) is 0 Å². The van der Waals surface area contributed by atoms with E-state index in [-0.39, 0.29) is 17.3 Å². The molecule has 0 aliphatic heterocycles. The van der Waals surface area contributed by atoms with E-state index in [1.54, 1.807) is 6.07 Å². The van der Waals surface area contributed by atoms with E-state index in [4.69, 9.17) is 27.9 Å². The predicted octanol–water partition coefficient (Wildman–Crippen LogP) is 4.62. The first-order chi connectivity index (χ1) is 9.47. The Kier molecular flexibility index (Phi) is 4.42. The standard InChI is InChI=1S/C13H8Cl2FNO3/c14-9-2-1-8(12(16)5-9)7-20-10-3-4-13(17(18)19)11(15)6-10/h1-6H,7H2. The summed E-state index contributed by atoms with van der Waals surface area (Å²) in [7, 11) is 0. The van der Waals surface area contributed by atoms with Gasteiger partial charge in [-0.2, -0.15) is 0 Å². The normalized spacial score (nSPS) is 10.3. The number of ether oxygens (including phenoxy) is 1. The highest BCUT2D eigenvalue weighted by atomic mass is 35.5. The molecule has 0 aromatic heterocycles. The zero-order valence-electron chi connectivity index (χ0n) is 9.98. The first-order valence-corrected chi connectivity index (χ1v) is 6.23. The van der Waals surface area contributed by atoms with Crippen molar-refractivity contribution in [1.82, 2.24) is 0 Å². The average molecular weight is 316 g/mol. The number of benzene rings is 2. The van der Waals surface area contributed by atoms with E-state index in [1.165, 1.54) is 30.3 Å². The first-order valence-electron chi connectivity index (χ1n) is 5.48. The van der Waals surface area contributed by atoms with E-state index >= 15 is 0 Å². The van der Waals surface area contributed by atoms with Gasteiger partial charge in [-0.3, -0.25) is 10.1 Å². The fourth-order valence-electron chi connectivity index (χ4n) is 1.53. The van der Waals surface area contributed by atoms with Crippen LogP contribution in [-0.2, 0) is 6.61 Å². The monoisotopic (exact) mass is 315 g/mol. The number of hydrogen-bond donors (Lipinski definition) is 0. The van der Waals surface area contributed by atoms with Crippen molar-refractivity contribution in [3.63, 3.8) is 0 Å². The molecule has 7 heteroatoms. The van der Waals surface area contributed by atoms with Crippen molar-refractivity contribution < 1.29 is 14.1 Å². The first kappa shape index (κ1) is 14.6. The minimum absolute atomic E-state index is 0.0306. The Labute approximate surface area is 123 Å². The van der Waals surface area contributed by atoms with E-state index in [9.17, 15) is 14.5 Å². The fourth-order valence-corrected chi connectivity index (χ4v) is 1.92. The summed E-state index contributed by atoms with van der Waals surface area (Å²) in [6, 6.07) is 8.18. The van der Waals surface area contributed by atoms with Crippen LogP contribution in [-0.4, -0.2) is 4.92 Å². The van der Waals surface area contributed by atoms with Crippen molar-refractivity contribution in [3.05, 3.63) is 67.9 Å². The van der Waals surface area contributed by atoms with Crippen LogP contribution in [0.25, 0.3) is 0 Å². The molecule has 2 aromatic rings. The molecule has 0 amide bonds. The molecule has 0 radical (unpaired) electrons. The minimum atomic E-state index is -0.592. The quantitative estimate of drug-likeness (QED) is 0.611. The molecular formula is C13H8Cl2FNO3. The molecule has 0 aliphatic rings. The second-order valence-electron chi connectivity index (χ2n) is 3.89. The van der Waals surface area contributed by atoms with Crippen LogP contribution in [0.15, 0.2) is 36.4 Å². The van der Waals surface area contributed by atoms with E-state index < -0.39 is 10.7 Å². The highest BCUT2D eigenvalue weighted by Crippen LogP contribution is 2.29. The molecular weight excluding hydrogens is 308 g/mol. The lowest BCUT2D eigenvalue weighted by atomic mass is 10.2. The largest absolute Gasteiger partial charge is 0.489 e. The zero-order chi connectivity index (χ0) is 14.7. The van der Waals surface area contributed by atoms with Crippen molar-refractivity contribution in [2.45, 2.75) is 6.61 Å². The van der Waals surface area contributed by atoms with Gasteiger partial charge in [0.25, 0.3) is 5.69 Å². The smallest absolute Gasteiger partial charge is 0.288 e. The molecule has 0 saturated carbocycles. The molecule has 0 saturated heterocycles. The van der Waals surface area contributed by atoms with Crippen molar-refractivity contribution in [2.75, 3.05) is 0 Å². The molecule has 0 spiro atoms. The second-order valence-corrected chi connectivity index (χ2v) is 4.74. The Morgan fingerprint density at radius 3 is 2.55 bits per heavy atom. The average Bonchev–Trinajstić information content (AvgIpc) is 2.37. The van der Waals surface area contributed by atoms with Gasteiger partial charge in [0.1, 0.15) is 23.2 Å². The topological polar surface area (TPSA) is 52.4 Å². The minimum Gasteiger partial charge on any atom is -0.489 e. The summed E-state index contributed by atoms with van der Waals surface area (Å²) in [4.78, 5) is 10.0. The molecule has 20 heavy (non-hydrogen) atoms. The van der Waals surface area contributed by atoms with Crippen LogP contribution in [0.2, 0.25) is 10.0 Å². The van der Waals surface area contributed by atoms with Crippen molar-refractivity contribution in [3.8, 4) is 5.75 Å². The zero-order valence-corrected chi connectivity index (χ0v) is 11.5. The lowest BCUT2D eigenvalue weighted by Crippen LogP contribution is -1.99. The Bertz CT molecular complexity index is 664. The summed E-state index contributed by atoms with van der Waals surface area (Å²) in [5.41, 5.74) is 0.112.